The SMILES string of the molecule is CCN(Cc1ccc(N(C)C)cc1)C(=O)c1n[nH]c2ccc([N+](=O)[O-])cc12. The summed E-state index contributed by atoms with van der Waals surface area (Å²) in [6.07, 6.45) is 0. The van der Waals surface area contributed by atoms with E-state index in [2.05, 4.69) is 10.2 Å². The highest BCUT2D eigenvalue weighted by molar-refractivity contribution is 6.05. The molecule has 8 heteroatoms. The molecule has 0 atom stereocenters. The molecule has 0 aliphatic carbocycles. The second kappa shape index (κ2) is 7.45. The predicted molar refractivity (Wildman–Crippen MR) is 104 cm³/mol. The summed E-state index contributed by atoms with van der Waals surface area (Å²) in [6, 6.07) is 12.3. The molecule has 1 amide bonds. The van der Waals surface area contributed by atoms with Crippen molar-refractivity contribution >= 4 is 28.2 Å². The van der Waals surface area contributed by atoms with E-state index in [9.17, 15) is 14.9 Å². The molecule has 1 N–H and O–H groups in total. The number of benzene rings is 2. The van der Waals surface area contributed by atoms with E-state index in [1.54, 1.807) is 11.0 Å². The average Bonchev–Trinajstić information content (AvgIpc) is 3.09. The molecule has 0 spiro atoms. The second-order valence-corrected chi connectivity index (χ2v) is 6.44. The van der Waals surface area contributed by atoms with Gasteiger partial charge in [0.2, 0.25) is 0 Å². The van der Waals surface area contributed by atoms with E-state index in [0.29, 0.717) is 24.0 Å². The standard InChI is InChI=1S/C19H21N5O3/c1-4-23(12-13-5-7-14(8-6-13)22(2)3)19(25)18-16-11-15(24(26)27)9-10-17(16)20-21-18/h5-11H,4,12H2,1-3H3,(H,20,21). The van der Waals surface area contributed by atoms with Gasteiger partial charge in [0, 0.05) is 50.4 Å². The third-order valence-corrected chi connectivity index (χ3v) is 4.45. The number of aromatic amines is 1. The Balaban J connectivity index is 1.87. The van der Waals surface area contributed by atoms with Crippen molar-refractivity contribution < 1.29 is 9.72 Å². The van der Waals surface area contributed by atoms with Gasteiger partial charge in [-0.15, -0.1) is 0 Å². The Kier molecular flexibility index (Phi) is 5.07. The van der Waals surface area contributed by atoms with Gasteiger partial charge in [0.05, 0.1) is 10.4 Å². The lowest BCUT2D eigenvalue weighted by Crippen LogP contribution is -2.30. The monoisotopic (exact) mass is 367 g/mol. The van der Waals surface area contributed by atoms with E-state index in [1.807, 2.05) is 50.2 Å². The van der Waals surface area contributed by atoms with E-state index in [0.717, 1.165) is 11.3 Å². The van der Waals surface area contributed by atoms with Crippen molar-refractivity contribution in [2.75, 3.05) is 25.5 Å². The van der Waals surface area contributed by atoms with Gasteiger partial charge in [0.15, 0.2) is 5.69 Å². The number of nitrogens with one attached hydrogen (secondary N) is 1. The Labute approximate surface area is 156 Å². The number of amides is 1. The van der Waals surface area contributed by atoms with Crippen LogP contribution in [0.2, 0.25) is 0 Å². The zero-order chi connectivity index (χ0) is 19.6. The third-order valence-electron chi connectivity index (χ3n) is 4.45. The zero-order valence-corrected chi connectivity index (χ0v) is 15.5. The van der Waals surface area contributed by atoms with Gasteiger partial charge < -0.3 is 9.80 Å². The fourth-order valence-electron chi connectivity index (χ4n) is 2.88. The molecule has 0 saturated heterocycles. The molecule has 3 aromatic rings. The summed E-state index contributed by atoms with van der Waals surface area (Å²) in [5, 5.41) is 18.4. The Morgan fingerprint density at radius 1 is 1.19 bits per heavy atom. The molecular formula is C19H21N5O3. The van der Waals surface area contributed by atoms with Crippen molar-refractivity contribution in [1.82, 2.24) is 15.1 Å². The first-order chi connectivity index (χ1) is 12.9. The Morgan fingerprint density at radius 3 is 2.48 bits per heavy atom. The van der Waals surface area contributed by atoms with Crippen LogP contribution in [0.15, 0.2) is 42.5 Å². The lowest BCUT2D eigenvalue weighted by Gasteiger charge is -2.21. The lowest BCUT2D eigenvalue weighted by molar-refractivity contribution is -0.384. The lowest BCUT2D eigenvalue weighted by atomic mass is 10.1. The fourth-order valence-corrected chi connectivity index (χ4v) is 2.88. The fraction of sp³-hybridized carbons (Fsp3) is 0.263. The maximum Gasteiger partial charge on any atom is 0.275 e. The number of carbonyl (C=O) groups excluding carboxylic acids is 1. The van der Waals surface area contributed by atoms with Gasteiger partial charge in [0.25, 0.3) is 11.6 Å². The van der Waals surface area contributed by atoms with E-state index < -0.39 is 4.92 Å². The van der Waals surface area contributed by atoms with Gasteiger partial charge in [-0.3, -0.25) is 20.0 Å². The minimum atomic E-state index is -0.482. The third kappa shape index (κ3) is 3.74. The van der Waals surface area contributed by atoms with Crippen molar-refractivity contribution in [1.29, 1.82) is 0 Å². The Bertz CT molecular complexity index is 979. The van der Waals surface area contributed by atoms with Crippen molar-refractivity contribution in [3.63, 3.8) is 0 Å². The minimum absolute atomic E-state index is 0.0692. The van der Waals surface area contributed by atoms with Crippen LogP contribution >= 0.6 is 0 Å². The van der Waals surface area contributed by atoms with Crippen LogP contribution in [0.25, 0.3) is 10.9 Å². The number of hydrogen-bond acceptors (Lipinski definition) is 5. The van der Waals surface area contributed by atoms with E-state index in [-0.39, 0.29) is 17.3 Å². The zero-order valence-electron chi connectivity index (χ0n) is 15.5. The van der Waals surface area contributed by atoms with E-state index >= 15 is 0 Å². The normalized spacial score (nSPS) is 10.8. The van der Waals surface area contributed by atoms with Crippen LogP contribution in [0.3, 0.4) is 0 Å². The van der Waals surface area contributed by atoms with Crippen molar-refractivity contribution in [3.8, 4) is 0 Å². The first-order valence-corrected chi connectivity index (χ1v) is 8.58. The summed E-state index contributed by atoms with van der Waals surface area (Å²) >= 11 is 0. The number of non-ortho nitro benzene ring substituents is 1. The molecule has 0 fully saturated rings. The van der Waals surface area contributed by atoms with Gasteiger partial charge in [-0.05, 0) is 30.7 Å². The van der Waals surface area contributed by atoms with E-state index in [4.69, 9.17) is 0 Å². The predicted octanol–water partition coefficient (Wildman–Crippen LogP) is 3.20. The van der Waals surface area contributed by atoms with Crippen LogP contribution in [0.1, 0.15) is 23.0 Å². The molecule has 8 nitrogen and oxygen atoms in total. The quantitative estimate of drug-likeness (QED) is 0.533. The summed E-state index contributed by atoms with van der Waals surface area (Å²) in [5.41, 5.74) is 2.80. The average molecular weight is 367 g/mol. The highest BCUT2D eigenvalue weighted by Crippen LogP contribution is 2.23. The number of rotatable bonds is 6. The molecule has 0 aliphatic rings. The van der Waals surface area contributed by atoms with Crippen LogP contribution < -0.4 is 4.90 Å². The van der Waals surface area contributed by atoms with Crippen molar-refractivity contribution in [2.45, 2.75) is 13.5 Å². The highest BCUT2D eigenvalue weighted by atomic mass is 16.6. The topological polar surface area (TPSA) is 95.4 Å². The number of carbonyl (C=O) groups is 1. The summed E-state index contributed by atoms with van der Waals surface area (Å²) < 4.78 is 0. The molecule has 3 rings (SSSR count). The molecule has 0 radical (unpaired) electrons. The molecule has 0 bridgehead atoms. The number of H-pyrrole nitrogens is 1. The summed E-state index contributed by atoms with van der Waals surface area (Å²) in [5.74, 6) is -0.263. The van der Waals surface area contributed by atoms with Crippen LogP contribution in [-0.2, 0) is 6.54 Å². The largest absolute Gasteiger partial charge is 0.378 e. The van der Waals surface area contributed by atoms with Crippen molar-refractivity contribution in [3.05, 3.63) is 63.8 Å². The Hall–Kier alpha value is -3.42. The number of aromatic nitrogens is 2. The number of nitro benzene ring substituents is 1. The first-order valence-electron chi connectivity index (χ1n) is 8.58. The minimum Gasteiger partial charge on any atom is -0.378 e. The summed E-state index contributed by atoms with van der Waals surface area (Å²) in [7, 11) is 3.94. The first kappa shape index (κ1) is 18.4. The molecule has 27 heavy (non-hydrogen) atoms. The second-order valence-electron chi connectivity index (χ2n) is 6.44. The van der Waals surface area contributed by atoms with Crippen LogP contribution in [0, 0.1) is 10.1 Å². The maximum absolute atomic E-state index is 13.0. The van der Waals surface area contributed by atoms with Gasteiger partial charge in [0.1, 0.15) is 0 Å². The number of nitrogens with zero attached hydrogens (tertiary/aromatic N) is 4. The van der Waals surface area contributed by atoms with E-state index in [1.165, 1.54) is 12.1 Å². The Morgan fingerprint density at radius 2 is 1.89 bits per heavy atom. The molecule has 0 unspecified atom stereocenters. The molecule has 1 heterocycles. The van der Waals surface area contributed by atoms with Gasteiger partial charge in [-0.1, -0.05) is 12.1 Å². The molecule has 1 aromatic heterocycles. The number of hydrogen-bond donors (Lipinski definition) is 1. The maximum atomic E-state index is 13.0. The number of nitro groups is 1. The molecular weight excluding hydrogens is 346 g/mol. The van der Waals surface area contributed by atoms with Gasteiger partial charge in [-0.25, -0.2) is 0 Å². The van der Waals surface area contributed by atoms with Gasteiger partial charge >= 0.3 is 0 Å². The number of anilines is 1. The molecule has 0 saturated carbocycles. The van der Waals surface area contributed by atoms with Crippen LogP contribution in [-0.4, -0.2) is 46.6 Å². The molecule has 2 aromatic carbocycles. The van der Waals surface area contributed by atoms with Crippen LogP contribution in [0.5, 0.6) is 0 Å². The molecule has 0 aliphatic heterocycles. The van der Waals surface area contributed by atoms with Gasteiger partial charge in [-0.2, -0.15) is 5.10 Å². The van der Waals surface area contributed by atoms with Crippen molar-refractivity contribution in [2.24, 2.45) is 0 Å². The smallest absolute Gasteiger partial charge is 0.275 e. The molecule has 140 valence electrons. The van der Waals surface area contributed by atoms with Crippen LogP contribution in [0.4, 0.5) is 11.4 Å². The number of fused-ring (bicyclic) bond motifs is 1. The summed E-state index contributed by atoms with van der Waals surface area (Å²) in [4.78, 5) is 27.2. The highest BCUT2D eigenvalue weighted by Gasteiger charge is 2.22. The summed E-state index contributed by atoms with van der Waals surface area (Å²) in [6.45, 7) is 2.83.